The van der Waals surface area contributed by atoms with E-state index in [2.05, 4.69) is 32.1 Å². The van der Waals surface area contributed by atoms with Gasteiger partial charge in [0.2, 0.25) is 11.8 Å². The van der Waals surface area contributed by atoms with Crippen molar-refractivity contribution in [2.24, 2.45) is 5.92 Å². The largest absolute Gasteiger partial charge is 0.356 e. The van der Waals surface area contributed by atoms with Crippen molar-refractivity contribution in [1.29, 1.82) is 5.26 Å². The van der Waals surface area contributed by atoms with Crippen LogP contribution >= 0.6 is 0 Å². The predicted molar refractivity (Wildman–Crippen MR) is 109 cm³/mol. The summed E-state index contributed by atoms with van der Waals surface area (Å²) < 4.78 is 0. The molecule has 0 aromatic carbocycles. The van der Waals surface area contributed by atoms with Crippen LogP contribution in [0.15, 0.2) is 30.7 Å². The molecule has 0 saturated carbocycles. The lowest BCUT2D eigenvalue weighted by Crippen LogP contribution is -2.54. The summed E-state index contributed by atoms with van der Waals surface area (Å²) in [5, 5.41) is 12.3. The third-order valence-corrected chi connectivity index (χ3v) is 5.32. The van der Waals surface area contributed by atoms with Gasteiger partial charge < -0.3 is 20.1 Å². The third-order valence-electron chi connectivity index (χ3n) is 5.32. The molecule has 1 saturated heterocycles. The number of anilines is 1. The minimum absolute atomic E-state index is 0.00580. The first kappa shape index (κ1) is 20.3. The Bertz CT molecular complexity index is 946. The van der Waals surface area contributed by atoms with E-state index >= 15 is 0 Å². The molecule has 2 aromatic heterocycles. The molecule has 0 unspecified atom stereocenters. The third kappa shape index (κ3) is 4.54. The number of carbonyl (C=O) groups is 2. The van der Waals surface area contributed by atoms with Gasteiger partial charge in [-0.1, -0.05) is 13.0 Å². The van der Waals surface area contributed by atoms with Gasteiger partial charge in [0.25, 0.3) is 0 Å². The molecule has 1 aliphatic rings. The number of aromatic nitrogens is 3. The molecule has 9 nitrogen and oxygen atoms in total. The van der Waals surface area contributed by atoms with Gasteiger partial charge in [-0.05, 0) is 18.4 Å². The second kappa shape index (κ2) is 9.19. The van der Waals surface area contributed by atoms with Crippen LogP contribution in [0.1, 0.15) is 19.8 Å². The molecule has 0 aliphatic carbocycles. The molecule has 2 atom stereocenters. The van der Waals surface area contributed by atoms with Gasteiger partial charge in [0.15, 0.2) is 0 Å². The SMILES string of the molecule is CNC(=O)/C=C/CN(c1ncnc2[nH]ccc12)[C@H]1CN(C(=O)CC#N)CC[C@H]1C. The fraction of sp³-hybridized carbons (Fsp3) is 0.450. The molecule has 3 rings (SSSR count). The lowest BCUT2D eigenvalue weighted by molar-refractivity contribution is -0.131. The summed E-state index contributed by atoms with van der Waals surface area (Å²) in [6, 6.07) is 3.86. The summed E-state index contributed by atoms with van der Waals surface area (Å²) >= 11 is 0. The molecular weight excluding hydrogens is 370 g/mol. The topological polar surface area (TPSA) is 118 Å². The zero-order valence-electron chi connectivity index (χ0n) is 16.6. The highest BCUT2D eigenvalue weighted by molar-refractivity contribution is 5.88. The van der Waals surface area contributed by atoms with Crippen LogP contribution in [-0.2, 0) is 9.59 Å². The summed E-state index contributed by atoms with van der Waals surface area (Å²) in [6.07, 6.45) is 7.33. The van der Waals surface area contributed by atoms with Crippen molar-refractivity contribution in [2.75, 3.05) is 31.6 Å². The normalized spacial score (nSPS) is 19.3. The smallest absolute Gasteiger partial charge is 0.243 e. The Hall–Kier alpha value is -3.41. The molecule has 0 bridgehead atoms. The Kier molecular flexibility index (Phi) is 6.44. The predicted octanol–water partition coefficient (Wildman–Crippen LogP) is 1.22. The molecule has 2 aromatic rings. The Labute approximate surface area is 169 Å². The second-order valence-electron chi connectivity index (χ2n) is 7.11. The standard InChI is InChI=1S/C20H25N7O2/c1-14-7-11-26(18(29)5-8-21)12-16(14)27(10-3-4-17(28)22-2)20-15-6-9-23-19(15)24-13-25-20/h3-4,6,9,13-14,16H,5,7,10-12H2,1-2H3,(H,22,28)(H,23,24,25)/b4-3+/t14-,16+/m1/s1. The van der Waals surface area contributed by atoms with E-state index in [1.165, 1.54) is 12.4 Å². The van der Waals surface area contributed by atoms with Crippen LogP contribution < -0.4 is 10.2 Å². The van der Waals surface area contributed by atoms with Crippen molar-refractivity contribution in [3.05, 3.63) is 30.7 Å². The van der Waals surface area contributed by atoms with E-state index in [1.807, 2.05) is 18.3 Å². The van der Waals surface area contributed by atoms with Crippen molar-refractivity contribution < 1.29 is 9.59 Å². The van der Waals surface area contributed by atoms with Crippen LogP contribution in [0.4, 0.5) is 5.82 Å². The molecule has 0 radical (unpaired) electrons. The first-order valence-corrected chi connectivity index (χ1v) is 9.62. The zero-order valence-corrected chi connectivity index (χ0v) is 16.6. The van der Waals surface area contributed by atoms with Crippen LogP contribution in [0.25, 0.3) is 11.0 Å². The van der Waals surface area contributed by atoms with Gasteiger partial charge in [-0.3, -0.25) is 9.59 Å². The number of nitriles is 1. The molecule has 1 fully saturated rings. The zero-order chi connectivity index (χ0) is 20.8. The van der Waals surface area contributed by atoms with Crippen molar-refractivity contribution in [3.8, 4) is 6.07 Å². The second-order valence-corrected chi connectivity index (χ2v) is 7.11. The van der Waals surface area contributed by atoms with Crippen LogP contribution in [0.2, 0.25) is 0 Å². The summed E-state index contributed by atoms with van der Waals surface area (Å²) in [5.74, 6) is 0.726. The molecule has 2 N–H and O–H groups in total. The van der Waals surface area contributed by atoms with E-state index in [0.29, 0.717) is 25.6 Å². The first-order valence-electron chi connectivity index (χ1n) is 9.62. The molecule has 0 spiro atoms. The Balaban J connectivity index is 1.94. The Morgan fingerprint density at radius 3 is 3.07 bits per heavy atom. The van der Waals surface area contributed by atoms with Gasteiger partial charge in [0.1, 0.15) is 24.2 Å². The summed E-state index contributed by atoms with van der Waals surface area (Å²) in [4.78, 5) is 39.7. The number of likely N-dealkylation sites (N-methyl/N-ethyl adjacent to an activating group) is 1. The van der Waals surface area contributed by atoms with Gasteiger partial charge in [0, 0.05) is 39.0 Å². The molecular formula is C20H25N7O2. The number of carbonyl (C=O) groups excluding carboxylic acids is 2. The van der Waals surface area contributed by atoms with Gasteiger partial charge >= 0.3 is 0 Å². The maximum atomic E-state index is 12.3. The maximum absolute atomic E-state index is 12.3. The van der Waals surface area contributed by atoms with Crippen molar-refractivity contribution >= 4 is 28.7 Å². The number of H-pyrrole nitrogens is 1. The summed E-state index contributed by atoms with van der Waals surface area (Å²) in [7, 11) is 1.58. The van der Waals surface area contributed by atoms with Crippen molar-refractivity contribution in [1.82, 2.24) is 25.2 Å². The number of fused-ring (bicyclic) bond motifs is 1. The van der Waals surface area contributed by atoms with E-state index in [0.717, 1.165) is 23.3 Å². The highest BCUT2D eigenvalue weighted by Gasteiger charge is 2.33. The lowest BCUT2D eigenvalue weighted by atomic mass is 9.91. The fourth-order valence-corrected chi connectivity index (χ4v) is 3.68. The number of hydrogen-bond acceptors (Lipinski definition) is 6. The molecule has 2 amide bonds. The van der Waals surface area contributed by atoms with E-state index < -0.39 is 0 Å². The van der Waals surface area contributed by atoms with Crippen molar-refractivity contribution in [3.63, 3.8) is 0 Å². The van der Waals surface area contributed by atoms with Crippen LogP contribution in [0.5, 0.6) is 0 Å². The molecule has 29 heavy (non-hydrogen) atoms. The van der Waals surface area contributed by atoms with Crippen LogP contribution in [-0.4, -0.2) is 64.4 Å². The average molecular weight is 395 g/mol. The van der Waals surface area contributed by atoms with Crippen molar-refractivity contribution in [2.45, 2.75) is 25.8 Å². The van der Waals surface area contributed by atoms with E-state index in [4.69, 9.17) is 5.26 Å². The highest BCUT2D eigenvalue weighted by Crippen LogP contribution is 2.30. The van der Waals surface area contributed by atoms with Gasteiger partial charge in [-0.2, -0.15) is 5.26 Å². The highest BCUT2D eigenvalue weighted by atomic mass is 16.2. The van der Waals surface area contributed by atoms with E-state index in [1.54, 1.807) is 18.0 Å². The quantitative estimate of drug-likeness (QED) is 0.710. The molecule has 152 valence electrons. The van der Waals surface area contributed by atoms with Crippen LogP contribution in [0.3, 0.4) is 0 Å². The number of likely N-dealkylation sites (tertiary alicyclic amines) is 1. The Morgan fingerprint density at radius 1 is 1.48 bits per heavy atom. The number of nitrogens with zero attached hydrogens (tertiary/aromatic N) is 5. The number of amides is 2. The van der Waals surface area contributed by atoms with Gasteiger partial charge in [0.05, 0.1) is 17.5 Å². The summed E-state index contributed by atoms with van der Waals surface area (Å²) in [5.41, 5.74) is 0.733. The molecule has 9 heteroatoms. The number of nitrogens with one attached hydrogen (secondary N) is 2. The minimum Gasteiger partial charge on any atom is -0.356 e. The minimum atomic E-state index is -0.179. The number of hydrogen-bond donors (Lipinski definition) is 2. The summed E-state index contributed by atoms with van der Waals surface area (Å²) in [6.45, 7) is 3.76. The van der Waals surface area contributed by atoms with Gasteiger partial charge in [-0.15, -0.1) is 0 Å². The number of piperidine rings is 1. The Morgan fingerprint density at radius 2 is 2.31 bits per heavy atom. The fourth-order valence-electron chi connectivity index (χ4n) is 3.68. The average Bonchev–Trinajstić information content (AvgIpc) is 3.21. The van der Waals surface area contributed by atoms with Crippen LogP contribution in [0, 0.1) is 17.2 Å². The first-order chi connectivity index (χ1) is 14.0. The maximum Gasteiger partial charge on any atom is 0.243 e. The van der Waals surface area contributed by atoms with Gasteiger partial charge in [-0.25, -0.2) is 9.97 Å². The number of aromatic amines is 1. The molecule has 3 heterocycles. The lowest BCUT2D eigenvalue weighted by Gasteiger charge is -2.43. The van der Waals surface area contributed by atoms with E-state index in [9.17, 15) is 9.59 Å². The molecule has 1 aliphatic heterocycles. The monoisotopic (exact) mass is 395 g/mol. The van der Waals surface area contributed by atoms with E-state index in [-0.39, 0.29) is 24.3 Å². The number of rotatable bonds is 6.